The van der Waals surface area contributed by atoms with Crippen LogP contribution in [0, 0.1) is 5.41 Å². The van der Waals surface area contributed by atoms with E-state index in [0.717, 1.165) is 18.7 Å². The highest BCUT2D eigenvalue weighted by molar-refractivity contribution is 6.00. The zero-order valence-electron chi connectivity index (χ0n) is 11.8. The molecule has 0 radical (unpaired) electrons. The topological polar surface area (TPSA) is 32.3 Å². The summed E-state index contributed by atoms with van der Waals surface area (Å²) in [4.78, 5) is 13.5. The number of fused-ring (bicyclic) bond motifs is 1. The Bertz CT molecular complexity index is 505. The van der Waals surface area contributed by atoms with E-state index in [1.165, 1.54) is 30.4 Å². The van der Waals surface area contributed by atoms with Crippen LogP contribution in [0.2, 0.25) is 0 Å². The number of anilines is 1. The van der Waals surface area contributed by atoms with E-state index < -0.39 is 0 Å². The molecule has 0 atom stereocenters. The Balaban J connectivity index is 1.80. The summed E-state index contributed by atoms with van der Waals surface area (Å²) in [5, 5.41) is 3.33. The Morgan fingerprint density at radius 3 is 2.79 bits per heavy atom. The van der Waals surface area contributed by atoms with Crippen molar-refractivity contribution in [2.45, 2.75) is 32.1 Å². The minimum absolute atomic E-state index is 0.209. The summed E-state index contributed by atoms with van der Waals surface area (Å²) in [6.07, 6.45) is 5.71. The highest BCUT2D eigenvalue weighted by atomic mass is 16.2. The molecule has 102 valence electrons. The van der Waals surface area contributed by atoms with Crippen LogP contribution in [0.25, 0.3) is 0 Å². The average molecular weight is 258 g/mol. The van der Waals surface area contributed by atoms with Gasteiger partial charge in [-0.3, -0.25) is 4.79 Å². The van der Waals surface area contributed by atoms with Gasteiger partial charge in [-0.1, -0.05) is 18.6 Å². The lowest BCUT2D eigenvalue weighted by molar-refractivity contribution is -0.117. The summed E-state index contributed by atoms with van der Waals surface area (Å²) in [5.41, 5.74) is 4.13. The zero-order chi connectivity index (χ0) is 13.5. The van der Waals surface area contributed by atoms with Crippen molar-refractivity contribution in [3.05, 3.63) is 29.3 Å². The van der Waals surface area contributed by atoms with Crippen molar-refractivity contribution in [3.63, 3.8) is 0 Å². The molecule has 1 aliphatic carbocycles. The predicted molar refractivity (Wildman–Crippen MR) is 77.5 cm³/mol. The molecule has 1 fully saturated rings. The molecular formula is C16H22N2O. The summed E-state index contributed by atoms with van der Waals surface area (Å²) in [5.74, 6) is 0.209. The van der Waals surface area contributed by atoms with Gasteiger partial charge in [0.2, 0.25) is 5.91 Å². The first-order valence-corrected chi connectivity index (χ1v) is 7.17. The van der Waals surface area contributed by atoms with Crippen molar-refractivity contribution in [1.82, 2.24) is 5.32 Å². The lowest BCUT2D eigenvalue weighted by Gasteiger charge is -2.42. The van der Waals surface area contributed by atoms with E-state index in [1.807, 2.05) is 14.1 Å². The lowest BCUT2D eigenvalue weighted by atomic mass is 9.65. The van der Waals surface area contributed by atoms with Gasteiger partial charge < -0.3 is 10.2 Å². The van der Waals surface area contributed by atoms with Gasteiger partial charge in [-0.15, -0.1) is 0 Å². The SMILES string of the molecule is CNCC1(Cc2ccc3c(c2)CC(=O)N3C)CCC1. The van der Waals surface area contributed by atoms with Crippen LogP contribution in [0.1, 0.15) is 30.4 Å². The highest BCUT2D eigenvalue weighted by Gasteiger charge is 2.36. The number of nitrogens with one attached hydrogen (secondary N) is 1. The van der Waals surface area contributed by atoms with Crippen molar-refractivity contribution >= 4 is 11.6 Å². The first-order valence-electron chi connectivity index (χ1n) is 7.17. The molecule has 0 bridgehead atoms. The number of hydrogen-bond acceptors (Lipinski definition) is 2. The normalized spacial score (nSPS) is 20.3. The van der Waals surface area contributed by atoms with Crippen LogP contribution in [0.3, 0.4) is 0 Å². The number of carbonyl (C=O) groups excluding carboxylic acids is 1. The van der Waals surface area contributed by atoms with Crippen LogP contribution in [0.4, 0.5) is 5.69 Å². The standard InChI is InChI=1S/C16H22N2O/c1-17-11-16(6-3-7-16)10-12-4-5-14-13(8-12)9-15(19)18(14)2/h4-5,8,17H,3,6-7,9-11H2,1-2H3. The highest BCUT2D eigenvalue weighted by Crippen LogP contribution is 2.43. The molecule has 1 saturated carbocycles. The number of carbonyl (C=O) groups is 1. The molecule has 2 aliphatic rings. The smallest absolute Gasteiger partial charge is 0.231 e. The van der Waals surface area contributed by atoms with Gasteiger partial charge in [-0.05, 0) is 48.9 Å². The molecule has 0 unspecified atom stereocenters. The molecule has 1 aromatic rings. The summed E-state index contributed by atoms with van der Waals surface area (Å²) in [6, 6.07) is 6.55. The van der Waals surface area contributed by atoms with Gasteiger partial charge in [0.1, 0.15) is 0 Å². The summed E-state index contributed by atoms with van der Waals surface area (Å²) >= 11 is 0. The Morgan fingerprint density at radius 1 is 1.37 bits per heavy atom. The Kier molecular flexibility index (Phi) is 3.09. The molecule has 0 saturated heterocycles. The van der Waals surface area contributed by atoms with Crippen LogP contribution < -0.4 is 10.2 Å². The molecule has 3 rings (SSSR count). The molecule has 19 heavy (non-hydrogen) atoms. The van der Waals surface area contributed by atoms with Gasteiger partial charge >= 0.3 is 0 Å². The van der Waals surface area contributed by atoms with Gasteiger partial charge in [-0.25, -0.2) is 0 Å². The largest absolute Gasteiger partial charge is 0.319 e. The van der Waals surface area contributed by atoms with Crippen molar-refractivity contribution in [2.75, 3.05) is 25.5 Å². The molecule has 1 N–H and O–H groups in total. The number of rotatable bonds is 4. The van der Waals surface area contributed by atoms with Gasteiger partial charge in [0.15, 0.2) is 0 Å². The number of amides is 1. The molecule has 1 aliphatic heterocycles. The van der Waals surface area contributed by atoms with Crippen LogP contribution >= 0.6 is 0 Å². The van der Waals surface area contributed by atoms with Gasteiger partial charge in [0.25, 0.3) is 0 Å². The van der Waals surface area contributed by atoms with Crippen LogP contribution in [0.5, 0.6) is 0 Å². The number of nitrogens with zero attached hydrogens (tertiary/aromatic N) is 1. The van der Waals surface area contributed by atoms with E-state index in [2.05, 4.69) is 23.5 Å². The molecule has 1 heterocycles. The Hall–Kier alpha value is -1.35. The van der Waals surface area contributed by atoms with Crippen LogP contribution in [-0.4, -0.2) is 26.5 Å². The predicted octanol–water partition coefficient (Wildman–Crippen LogP) is 2.14. The molecule has 3 nitrogen and oxygen atoms in total. The fourth-order valence-corrected chi connectivity index (χ4v) is 3.53. The Morgan fingerprint density at radius 2 is 2.16 bits per heavy atom. The van der Waals surface area contributed by atoms with E-state index in [9.17, 15) is 4.79 Å². The molecular weight excluding hydrogens is 236 g/mol. The lowest BCUT2D eigenvalue weighted by Crippen LogP contribution is -2.40. The average Bonchev–Trinajstić information content (AvgIpc) is 2.62. The monoisotopic (exact) mass is 258 g/mol. The fourth-order valence-electron chi connectivity index (χ4n) is 3.53. The van der Waals surface area contributed by atoms with Crippen LogP contribution in [-0.2, 0) is 17.6 Å². The summed E-state index contributed by atoms with van der Waals surface area (Å²) in [6.45, 7) is 1.10. The fraction of sp³-hybridized carbons (Fsp3) is 0.562. The minimum atomic E-state index is 0.209. The second kappa shape index (κ2) is 4.64. The van der Waals surface area contributed by atoms with E-state index in [0.29, 0.717) is 11.8 Å². The second-order valence-electron chi connectivity index (χ2n) is 6.15. The van der Waals surface area contributed by atoms with E-state index in [4.69, 9.17) is 0 Å². The van der Waals surface area contributed by atoms with E-state index >= 15 is 0 Å². The molecule has 0 aromatic heterocycles. The zero-order valence-corrected chi connectivity index (χ0v) is 11.8. The number of likely N-dealkylation sites (N-methyl/N-ethyl adjacent to an activating group) is 1. The van der Waals surface area contributed by atoms with E-state index in [1.54, 1.807) is 4.90 Å². The van der Waals surface area contributed by atoms with E-state index in [-0.39, 0.29) is 5.91 Å². The quantitative estimate of drug-likeness (QED) is 0.897. The summed E-state index contributed by atoms with van der Waals surface area (Å²) < 4.78 is 0. The number of hydrogen-bond donors (Lipinski definition) is 1. The first kappa shape index (κ1) is 12.7. The Labute approximate surface area is 115 Å². The van der Waals surface area contributed by atoms with Gasteiger partial charge in [0, 0.05) is 19.3 Å². The molecule has 3 heteroatoms. The van der Waals surface area contributed by atoms with Gasteiger partial charge in [-0.2, -0.15) is 0 Å². The molecule has 1 amide bonds. The third-order valence-electron chi connectivity index (χ3n) is 4.77. The van der Waals surface area contributed by atoms with Crippen molar-refractivity contribution in [1.29, 1.82) is 0 Å². The third kappa shape index (κ3) is 2.16. The molecule has 1 aromatic carbocycles. The van der Waals surface area contributed by atoms with Crippen molar-refractivity contribution in [3.8, 4) is 0 Å². The van der Waals surface area contributed by atoms with Crippen molar-refractivity contribution < 1.29 is 4.79 Å². The third-order valence-corrected chi connectivity index (χ3v) is 4.77. The van der Waals surface area contributed by atoms with Gasteiger partial charge in [0.05, 0.1) is 6.42 Å². The number of benzene rings is 1. The minimum Gasteiger partial charge on any atom is -0.319 e. The van der Waals surface area contributed by atoms with Crippen LogP contribution in [0.15, 0.2) is 18.2 Å². The maximum absolute atomic E-state index is 11.7. The van der Waals surface area contributed by atoms with Crippen molar-refractivity contribution in [2.24, 2.45) is 5.41 Å². The maximum Gasteiger partial charge on any atom is 0.231 e. The maximum atomic E-state index is 11.7. The summed E-state index contributed by atoms with van der Waals surface area (Å²) in [7, 11) is 3.90. The second-order valence-corrected chi connectivity index (χ2v) is 6.15. The molecule has 0 spiro atoms. The first-order chi connectivity index (χ1) is 9.13.